The number of hydrogen-bond acceptors (Lipinski definition) is 5. The second-order valence-electron chi connectivity index (χ2n) is 6.35. The molecule has 0 saturated heterocycles. The number of hydrogen-bond donors (Lipinski definition) is 2. The zero-order valence-electron chi connectivity index (χ0n) is 14.9. The van der Waals surface area contributed by atoms with Crippen molar-refractivity contribution in [1.29, 1.82) is 0 Å². The molecular formula is C22H17N3O3. The summed E-state index contributed by atoms with van der Waals surface area (Å²) in [6, 6.07) is 17.6. The van der Waals surface area contributed by atoms with Crippen molar-refractivity contribution in [1.82, 2.24) is 4.98 Å². The van der Waals surface area contributed by atoms with Crippen LogP contribution in [0.2, 0.25) is 0 Å². The molecule has 0 atom stereocenters. The molecule has 138 valence electrons. The van der Waals surface area contributed by atoms with Crippen LogP contribution in [0.4, 0.5) is 11.4 Å². The third-order valence-corrected chi connectivity index (χ3v) is 4.48. The number of para-hydroxylation sites is 1. The Morgan fingerprint density at radius 2 is 1.82 bits per heavy atom. The molecule has 3 N–H and O–H groups in total. The van der Waals surface area contributed by atoms with E-state index in [-0.39, 0.29) is 5.69 Å². The number of fused-ring (bicyclic) bond motifs is 1. The summed E-state index contributed by atoms with van der Waals surface area (Å²) in [5.41, 5.74) is 8.66. The summed E-state index contributed by atoms with van der Waals surface area (Å²) < 4.78 is 5.28. The van der Waals surface area contributed by atoms with Gasteiger partial charge in [0.05, 0.1) is 0 Å². The minimum Gasteiger partial charge on any atom is -0.421 e. The summed E-state index contributed by atoms with van der Waals surface area (Å²) in [4.78, 5) is 29.1. The van der Waals surface area contributed by atoms with Crippen LogP contribution in [0.5, 0.6) is 0 Å². The quantitative estimate of drug-likeness (QED) is 0.422. The van der Waals surface area contributed by atoms with Crippen molar-refractivity contribution in [2.45, 2.75) is 6.42 Å². The van der Waals surface area contributed by atoms with Crippen LogP contribution in [0.3, 0.4) is 0 Å². The first-order valence-corrected chi connectivity index (χ1v) is 8.72. The number of aromatic nitrogens is 1. The topological polar surface area (TPSA) is 98.2 Å². The number of rotatable bonds is 4. The minimum absolute atomic E-state index is 0.0842. The van der Waals surface area contributed by atoms with Gasteiger partial charge in [0.1, 0.15) is 11.3 Å². The third-order valence-electron chi connectivity index (χ3n) is 4.48. The third kappa shape index (κ3) is 3.48. The first-order chi connectivity index (χ1) is 13.6. The van der Waals surface area contributed by atoms with Gasteiger partial charge in [-0.3, -0.25) is 9.78 Å². The van der Waals surface area contributed by atoms with Crippen molar-refractivity contribution >= 4 is 28.3 Å². The molecule has 2 aromatic heterocycles. The molecule has 2 heterocycles. The van der Waals surface area contributed by atoms with E-state index in [0.717, 1.165) is 10.9 Å². The fourth-order valence-electron chi connectivity index (χ4n) is 3.06. The molecule has 0 bridgehead atoms. The molecule has 1 amide bonds. The van der Waals surface area contributed by atoms with E-state index in [1.54, 1.807) is 48.8 Å². The number of nitrogens with two attached hydrogens (primary N) is 1. The SMILES string of the molecule is Nc1cccc(C(=O)Nc2cc3ccccc3oc2=O)c1Cc1ccncc1. The molecule has 4 aromatic rings. The lowest BCUT2D eigenvalue weighted by atomic mass is 9.98. The summed E-state index contributed by atoms with van der Waals surface area (Å²) in [5.74, 6) is -0.418. The highest BCUT2D eigenvalue weighted by molar-refractivity contribution is 6.06. The number of nitrogen functional groups attached to an aromatic ring is 1. The van der Waals surface area contributed by atoms with E-state index in [9.17, 15) is 9.59 Å². The second kappa shape index (κ2) is 7.36. The van der Waals surface area contributed by atoms with E-state index in [4.69, 9.17) is 10.2 Å². The van der Waals surface area contributed by atoms with Crippen LogP contribution in [0.15, 0.2) is 82.3 Å². The highest BCUT2D eigenvalue weighted by atomic mass is 16.4. The molecule has 0 fully saturated rings. The Hall–Kier alpha value is -3.93. The molecule has 4 rings (SSSR count). The molecule has 0 aliphatic heterocycles. The van der Waals surface area contributed by atoms with Crippen LogP contribution in [-0.2, 0) is 6.42 Å². The summed E-state index contributed by atoms with van der Waals surface area (Å²) in [7, 11) is 0. The predicted molar refractivity (Wildman–Crippen MR) is 108 cm³/mol. The number of nitrogens with one attached hydrogen (secondary N) is 1. The first kappa shape index (κ1) is 17.5. The summed E-state index contributed by atoms with van der Waals surface area (Å²) in [5, 5.41) is 3.38. The van der Waals surface area contributed by atoms with Gasteiger partial charge in [-0.25, -0.2) is 4.79 Å². The fourth-order valence-corrected chi connectivity index (χ4v) is 3.06. The number of carbonyl (C=O) groups excluding carboxylic acids is 1. The van der Waals surface area contributed by atoms with Gasteiger partial charge in [-0.2, -0.15) is 0 Å². The average Bonchev–Trinajstić information content (AvgIpc) is 2.71. The van der Waals surface area contributed by atoms with E-state index >= 15 is 0 Å². The second-order valence-corrected chi connectivity index (χ2v) is 6.35. The van der Waals surface area contributed by atoms with E-state index in [2.05, 4.69) is 10.3 Å². The molecule has 0 radical (unpaired) electrons. The summed E-state index contributed by atoms with van der Waals surface area (Å²) in [6.45, 7) is 0. The Morgan fingerprint density at radius 3 is 2.64 bits per heavy atom. The van der Waals surface area contributed by atoms with E-state index in [1.165, 1.54) is 0 Å². The van der Waals surface area contributed by atoms with Gasteiger partial charge in [0.25, 0.3) is 5.91 Å². The van der Waals surface area contributed by atoms with E-state index in [1.807, 2.05) is 24.3 Å². The Balaban J connectivity index is 1.68. The van der Waals surface area contributed by atoms with Crippen molar-refractivity contribution in [3.63, 3.8) is 0 Å². The lowest BCUT2D eigenvalue weighted by molar-refractivity contribution is 0.102. The largest absolute Gasteiger partial charge is 0.421 e. The van der Waals surface area contributed by atoms with Crippen molar-refractivity contribution in [3.8, 4) is 0 Å². The number of pyridine rings is 1. The molecule has 0 aliphatic rings. The maximum absolute atomic E-state index is 12.9. The van der Waals surface area contributed by atoms with Crippen molar-refractivity contribution in [2.75, 3.05) is 11.1 Å². The standard InChI is InChI=1S/C22H17N3O3/c23-18-6-3-5-16(17(18)12-14-8-10-24-11-9-14)21(26)25-19-13-15-4-1-2-7-20(15)28-22(19)27/h1-11,13H,12,23H2,(H,25,26). The van der Waals surface area contributed by atoms with Crippen molar-refractivity contribution in [2.24, 2.45) is 0 Å². The molecule has 6 nitrogen and oxygen atoms in total. The van der Waals surface area contributed by atoms with Crippen LogP contribution in [0.25, 0.3) is 11.0 Å². The fraction of sp³-hybridized carbons (Fsp3) is 0.0455. The number of anilines is 2. The normalized spacial score (nSPS) is 10.7. The molecule has 28 heavy (non-hydrogen) atoms. The highest BCUT2D eigenvalue weighted by Gasteiger charge is 2.16. The minimum atomic E-state index is -0.605. The molecule has 0 spiro atoms. The highest BCUT2D eigenvalue weighted by Crippen LogP contribution is 2.22. The number of benzene rings is 2. The molecule has 2 aromatic carbocycles. The smallest absolute Gasteiger partial charge is 0.360 e. The molecule has 0 saturated carbocycles. The van der Waals surface area contributed by atoms with Gasteiger partial charge in [-0.05, 0) is 47.5 Å². The van der Waals surface area contributed by atoms with Gasteiger partial charge in [0.2, 0.25) is 0 Å². The first-order valence-electron chi connectivity index (χ1n) is 8.72. The zero-order chi connectivity index (χ0) is 19.5. The van der Waals surface area contributed by atoms with E-state index < -0.39 is 11.5 Å². The monoisotopic (exact) mass is 371 g/mol. The summed E-state index contributed by atoms with van der Waals surface area (Å²) in [6.07, 6.45) is 3.85. The number of nitrogens with zero attached hydrogens (tertiary/aromatic N) is 1. The van der Waals surface area contributed by atoms with Gasteiger partial charge < -0.3 is 15.5 Å². The Kier molecular flexibility index (Phi) is 4.60. The van der Waals surface area contributed by atoms with Gasteiger partial charge in [0, 0.05) is 35.5 Å². The van der Waals surface area contributed by atoms with Crippen LogP contribution >= 0.6 is 0 Å². The molecule has 6 heteroatoms. The molecule has 0 unspecified atom stereocenters. The number of carbonyl (C=O) groups is 1. The lowest BCUT2D eigenvalue weighted by Gasteiger charge is -2.12. The van der Waals surface area contributed by atoms with Crippen LogP contribution in [0.1, 0.15) is 21.5 Å². The van der Waals surface area contributed by atoms with Crippen molar-refractivity contribution < 1.29 is 9.21 Å². The Labute approximate surface area is 160 Å². The molecular weight excluding hydrogens is 354 g/mol. The Bertz CT molecular complexity index is 1220. The maximum Gasteiger partial charge on any atom is 0.360 e. The maximum atomic E-state index is 12.9. The summed E-state index contributed by atoms with van der Waals surface area (Å²) >= 11 is 0. The molecule has 0 aliphatic carbocycles. The van der Waals surface area contributed by atoms with Crippen molar-refractivity contribution in [3.05, 3.63) is 100 Å². The average molecular weight is 371 g/mol. The Morgan fingerprint density at radius 1 is 1.04 bits per heavy atom. The lowest BCUT2D eigenvalue weighted by Crippen LogP contribution is -2.20. The van der Waals surface area contributed by atoms with Crippen LogP contribution in [-0.4, -0.2) is 10.9 Å². The van der Waals surface area contributed by atoms with Gasteiger partial charge in [0.15, 0.2) is 0 Å². The number of amides is 1. The van der Waals surface area contributed by atoms with Gasteiger partial charge in [-0.15, -0.1) is 0 Å². The van der Waals surface area contributed by atoms with Gasteiger partial charge in [-0.1, -0.05) is 24.3 Å². The van der Waals surface area contributed by atoms with E-state index in [0.29, 0.717) is 28.8 Å². The van der Waals surface area contributed by atoms with Crippen LogP contribution < -0.4 is 16.7 Å². The van der Waals surface area contributed by atoms with Gasteiger partial charge >= 0.3 is 5.63 Å². The predicted octanol–water partition coefficient (Wildman–Crippen LogP) is 3.61. The zero-order valence-corrected chi connectivity index (χ0v) is 14.9. The van der Waals surface area contributed by atoms with Crippen LogP contribution in [0, 0.1) is 0 Å².